The minimum absolute atomic E-state index is 0.0681. The Balaban J connectivity index is 1.42. The van der Waals surface area contributed by atoms with Gasteiger partial charge in [0.2, 0.25) is 0 Å². The van der Waals surface area contributed by atoms with Crippen LogP contribution in [0.3, 0.4) is 0 Å². The van der Waals surface area contributed by atoms with Crippen molar-refractivity contribution in [3.8, 4) is 0 Å². The average molecular weight is 399 g/mol. The van der Waals surface area contributed by atoms with Gasteiger partial charge in [-0.15, -0.1) is 0 Å². The summed E-state index contributed by atoms with van der Waals surface area (Å²) in [7, 11) is 1.74. The van der Waals surface area contributed by atoms with Gasteiger partial charge in [-0.3, -0.25) is 4.79 Å². The number of urea groups is 1. The number of hydrogen-bond donors (Lipinski definition) is 2. The highest BCUT2D eigenvalue weighted by Crippen LogP contribution is 2.17. The fraction of sp³-hybridized carbons (Fsp3) is 0.524. The third-order valence-electron chi connectivity index (χ3n) is 5.19. The minimum atomic E-state index is -0.410. The maximum absolute atomic E-state index is 12.3. The summed E-state index contributed by atoms with van der Waals surface area (Å²) >= 11 is 0. The molecule has 0 saturated heterocycles. The fourth-order valence-electron chi connectivity index (χ4n) is 3.31. The number of carbonyl (C=O) groups is 2. The van der Waals surface area contributed by atoms with Gasteiger partial charge in [-0.25, -0.2) is 4.79 Å². The van der Waals surface area contributed by atoms with Gasteiger partial charge < -0.3 is 20.1 Å². The van der Waals surface area contributed by atoms with Gasteiger partial charge in [-0.05, 0) is 25.3 Å². The zero-order valence-electron chi connectivity index (χ0n) is 17.1. The van der Waals surface area contributed by atoms with Crippen molar-refractivity contribution in [3.05, 3.63) is 47.1 Å². The normalized spacial score (nSPS) is 14.4. The van der Waals surface area contributed by atoms with Crippen LogP contribution in [0.4, 0.5) is 4.79 Å². The first-order valence-corrected chi connectivity index (χ1v) is 10.2. The molecule has 0 atom stereocenters. The van der Waals surface area contributed by atoms with Crippen molar-refractivity contribution in [2.24, 2.45) is 0 Å². The van der Waals surface area contributed by atoms with Gasteiger partial charge in [0.1, 0.15) is 0 Å². The van der Waals surface area contributed by atoms with E-state index < -0.39 is 5.91 Å². The van der Waals surface area contributed by atoms with Crippen molar-refractivity contribution >= 4 is 11.9 Å². The molecule has 8 heteroatoms. The molecule has 3 amide bonds. The van der Waals surface area contributed by atoms with Gasteiger partial charge in [0.05, 0.1) is 0 Å². The lowest BCUT2D eigenvalue weighted by molar-refractivity contribution is 0.0907. The summed E-state index contributed by atoms with van der Waals surface area (Å²) in [6.07, 6.45) is 6.11. The summed E-state index contributed by atoms with van der Waals surface area (Å²) in [6, 6.07) is 8.09. The number of benzene rings is 1. The first-order valence-electron chi connectivity index (χ1n) is 10.2. The molecule has 1 aliphatic carbocycles. The molecule has 1 heterocycles. The van der Waals surface area contributed by atoms with Gasteiger partial charge in [0, 0.05) is 32.6 Å². The second-order valence-corrected chi connectivity index (χ2v) is 7.64. The van der Waals surface area contributed by atoms with Crippen LogP contribution in [0, 0.1) is 6.92 Å². The molecule has 1 aromatic heterocycles. The smallest absolute Gasteiger partial charge is 0.317 e. The molecule has 29 heavy (non-hydrogen) atoms. The molecular formula is C21H29N5O3. The molecule has 1 saturated carbocycles. The second-order valence-electron chi connectivity index (χ2n) is 7.64. The van der Waals surface area contributed by atoms with E-state index in [1.807, 2.05) is 31.2 Å². The number of aromatic nitrogens is 2. The fourth-order valence-corrected chi connectivity index (χ4v) is 3.31. The lowest BCUT2D eigenvalue weighted by Crippen LogP contribution is -2.44. The van der Waals surface area contributed by atoms with E-state index >= 15 is 0 Å². The highest BCUT2D eigenvalue weighted by atomic mass is 16.5. The van der Waals surface area contributed by atoms with Crippen molar-refractivity contribution in [1.82, 2.24) is 25.7 Å². The SMILES string of the molecule is Cc1ccc(CNC(=O)c2nc(CCN(C)C(=O)NC3CCCCC3)no2)cc1. The number of aryl methyl sites for hydroxylation is 1. The first-order chi connectivity index (χ1) is 14.0. The Morgan fingerprint density at radius 2 is 1.90 bits per heavy atom. The van der Waals surface area contributed by atoms with E-state index in [0.717, 1.165) is 18.4 Å². The highest BCUT2D eigenvalue weighted by molar-refractivity contribution is 5.89. The number of nitrogens with one attached hydrogen (secondary N) is 2. The number of nitrogens with zero attached hydrogens (tertiary/aromatic N) is 3. The van der Waals surface area contributed by atoms with Crippen LogP contribution in [-0.2, 0) is 13.0 Å². The Labute approximate surface area is 171 Å². The third kappa shape index (κ3) is 6.30. The Kier molecular flexibility index (Phi) is 7.21. The molecule has 0 radical (unpaired) electrons. The molecule has 1 aliphatic rings. The van der Waals surface area contributed by atoms with Crippen molar-refractivity contribution < 1.29 is 14.1 Å². The molecule has 1 fully saturated rings. The van der Waals surface area contributed by atoms with Crippen LogP contribution in [0.15, 0.2) is 28.8 Å². The standard InChI is InChI=1S/C21H29N5O3/c1-15-8-10-16(11-9-15)14-22-19(27)20-24-18(25-29-20)12-13-26(2)21(28)23-17-6-4-3-5-7-17/h8-11,17H,3-7,12-14H2,1-2H3,(H,22,27)(H,23,28). The van der Waals surface area contributed by atoms with E-state index in [2.05, 4.69) is 20.8 Å². The summed E-state index contributed by atoms with van der Waals surface area (Å²) < 4.78 is 5.06. The predicted molar refractivity (Wildman–Crippen MR) is 108 cm³/mol. The minimum Gasteiger partial charge on any atom is -0.344 e. The molecule has 1 aromatic carbocycles. The summed E-state index contributed by atoms with van der Waals surface area (Å²) in [6.45, 7) is 2.85. The molecule has 156 valence electrons. The van der Waals surface area contributed by atoms with Crippen LogP contribution in [0.2, 0.25) is 0 Å². The topological polar surface area (TPSA) is 100 Å². The van der Waals surface area contributed by atoms with Gasteiger partial charge in [0.15, 0.2) is 5.82 Å². The van der Waals surface area contributed by atoms with E-state index in [9.17, 15) is 9.59 Å². The maximum atomic E-state index is 12.3. The van der Waals surface area contributed by atoms with Crippen LogP contribution < -0.4 is 10.6 Å². The zero-order valence-corrected chi connectivity index (χ0v) is 17.1. The summed E-state index contributed by atoms with van der Waals surface area (Å²) in [5.74, 6) is -0.0723. The first kappa shape index (κ1) is 20.8. The monoisotopic (exact) mass is 399 g/mol. The van der Waals surface area contributed by atoms with Crippen LogP contribution >= 0.6 is 0 Å². The largest absolute Gasteiger partial charge is 0.344 e. The number of rotatable bonds is 7. The number of likely N-dealkylation sites (N-methyl/N-ethyl adjacent to an activating group) is 1. The molecule has 2 aromatic rings. The van der Waals surface area contributed by atoms with Gasteiger partial charge >= 0.3 is 17.8 Å². The molecule has 2 N–H and O–H groups in total. The van der Waals surface area contributed by atoms with Crippen LogP contribution in [0.5, 0.6) is 0 Å². The molecule has 0 unspecified atom stereocenters. The van der Waals surface area contributed by atoms with Crippen LogP contribution in [-0.4, -0.2) is 46.6 Å². The highest BCUT2D eigenvalue weighted by Gasteiger charge is 2.19. The second kappa shape index (κ2) is 10.0. The lowest BCUT2D eigenvalue weighted by Gasteiger charge is -2.26. The van der Waals surface area contributed by atoms with E-state index in [1.165, 1.54) is 24.8 Å². The average Bonchev–Trinajstić information content (AvgIpc) is 3.21. The summed E-state index contributed by atoms with van der Waals surface area (Å²) in [5.41, 5.74) is 2.16. The van der Waals surface area contributed by atoms with Crippen molar-refractivity contribution in [1.29, 1.82) is 0 Å². The molecule has 0 aliphatic heterocycles. The van der Waals surface area contributed by atoms with Crippen molar-refractivity contribution in [3.63, 3.8) is 0 Å². The number of carbonyl (C=O) groups excluding carboxylic acids is 2. The predicted octanol–water partition coefficient (Wildman–Crippen LogP) is 2.82. The Morgan fingerprint density at radius 3 is 2.62 bits per heavy atom. The van der Waals surface area contributed by atoms with E-state index in [4.69, 9.17) is 4.52 Å². The number of hydrogen-bond acceptors (Lipinski definition) is 5. The van der Waals surface area contributed by atoms with Crippen LogP contribution in [0.25, 0.3) is 0 Å². The van der Waals surface area contributed by atoms with Crippen LogP contribution in [0.1, 0.15) is 59.7 Å². The molecule has 0 spiro atoms. The molecule has 3 rings (SSSR count). The Morgan fingerprint density at radius 1 is 1.17 bits per heavy atom. The van der Waals surface area contributed by atoms with Gasteiger partial charge in [-0.2, -0.15) is 4.98 Å². The summed E-state index contributed by atoms with van der Waals surface area (Å²) in [4.78, 5) is 30.2. The lowest BCUT2D eigenvalue weighted by atomic mass is 9.96. The van der Waals surface area contributed by atoms with Gasteiger partial charge in [-0.1, -0.05) is 54.2 Å². The zero-order chi connectivity index (χ0) is 20.6. The molecular weight excluding hydrogens is 370 g/mol. The van der Waals surface area contributed by atoms with E-state index in [0.29, 0.717) is 25.3 Å². The third-order valence-corrected chi connectivity index (χ3v) is 5.19. The van der Waals surface area contributed by atoms with E-state index in [-0.39, 0.29) is 18.0 Å². The van der Waals surface area contributed by atoms with E-state index in [1.54, 1.807) is 11.9 Å². The summed E-state index contributed by atoms with van der Waals surface area (Å²) in [5, 5.41) is 9.69. The Bertz CT molecular complexity index is 812. The van der Waals surface area contributed by atoms with Gasteiger partial charge in [0.25, 0.3) is 0 Å². The van der Waals surface area contributed by atoms with Crippen molar-refractivity contribution in [2.45, 2.75) is 58.0 Å². The number of amides is 3. The molecule has 8 nitrogen and oxygen atoms in total. The molecule has 0 bridgehead atoms. The van der Waals surface area contributed by atoms with Crippen molar-refractivity contribution in [2.75, 3.05) is 13.6 Å². The maximum Gasteiger partial charge on any atom is 0.317 e. The Hall–Kier alpha value is -2.90. The quantitative estimate of drug-likeness (QED) is 0.746.